The Morgan fingerprint density at radius 1 is 1.00 bits per heavy atom. The molecule has 12 nitrogen and oxygen atoms in total. The van der Waals surface area contributed by atoms with Crippen molar-refractivity contribution in [1.29, 1.82) is 0 Å². The molecule has 0 aromatic heterocycles. The second-order valence-corrected chi connectivity index (χ2v) is 15.3. The molecule has 12 heteroatoms. The lowest BCUT2D eigenvalue weighted by atomic mass is 9.87. The van der Waals surface area contributed by atoms with Crippen molar-refractivity contribution in [2.24, 2.45) is 11.8 Å². The lowest BCUT2D eigenvalue weighted by Crippen LogP contribution is -2.54. The van der Waals surface area contributed by atoms with E-state index in [2.05, 4.69) is 5.32 Å². The molecule has 2 aromatic carbocycles. The third-order valence-corrected chi connectivity index (χ3v) is 9.47. The zero-order valence-corrected chi connectivity index (χ0v) is 31.1. The first-order valence-corrected chi connectivity index (χ1v) is 18.0. The average molecular weight is 707 g/mol. The Balaban J connectivity index is 1.43. The molecule has 5 rings (SSSR count). The third kappa shape index (κ3) is 9.39. The molecule has 278 valence electrons. The molecule has 0 radical (unpaired) electrons. The number of likely N-dealkylation sites (tertiary alicyclic amines) is 1. The predicted octanol–water partition coefficient (Wildman–Crippen LogP) is 5.49. The molecule has 0 unspecified atom stereocenters. The largest absolute Gasteiger partial charge is 0.476 e. The normalized spacial score (nSPS) is 20.6. The van der Waals surface area contributed by atoms with Gasteiger partial charge in [0.15, 0.2) is 5.60 Å². The Labute approximate surface area is 301 Å². The van der Waals surface area contributed by atoms with E-state index >= 15 is 0 Å². The van der Waals surface area contributed by atoms with Crippen LogP contribution >= 0.6 is 0 Å². The van der Waals surface area contributed by atoms with Crippen LogP contribution in [0.15, 0.2) is 48.5 Å². The summed E-state index contributed by atoms with van der Waals surface area (Å²) in [7, 11) is 3.25. The highest BCUT2D eigenvalue weighted by molar-refractivity contribution is 6.04. The fourth-order valence-corrected chi connectivity index (χ4v) is 6.82. The molecule has 1 aliphatic carbocycles. The molecule has 3 atom stereocenters. The average Bonchev–Trinajstić information content (AvgIpc) is 3.93. The van der Waals surface area contributed by atoms with Gasteiger partial charge in [0.25, 0.3) is 5.91 Å². The van der Waals surface area contributed by atoms with Gasteiger partial charge in [0, 0.05) is 58.8 Å². The minimum atomic E-state index is -1.04. The monoisotopic (exact) mass is 706 g/mol. The molecule has 2 aromatic rings. The molecule has 2 fully saturated rings. The summed E-state index contributed by atoms with van der Waals surface area (Å²) in [4.78, 5) is 60.7. The molecule has 2 aliphatic heterocycles. The summed E-state index contributed by atoms with van der Waals surface area (Å²) in [6, 6.07) is 14.9. The Bertz CT molecular complexity index is 1550. The molecular weight excluding hydrogens is 652 g/mol. The van der Waals surface area contributed by atoms with Crippen LogP contribution in [0.1, 0.15) is 78.3 Å². The van der Waals surface area contributed by atoms with Crippen LogP contribution in [0.4, 0.5) is 16.2 Å². The number of anilines is 2. The van der Waals surface area contributed by atoms with Crippen molar-refractivity contribution in [3.05, 3.63) is 54.1 Å². The van der Waals surface area contributed by atoms with Gasteiger partial charge in [-0.25, -0.2) is 4.79 Å². The van der Waals surface area contributed by atoms with Crippen LogP contribution in [-0.4, -0.2) is 93.0 Å². The first-order valence-electron chi connectivity index (χ1n) is 18.0. The molecule has 1 N–H and O–H groups in total. The molecule has 1 saturated carbocycles. The second-order valence-electron chi connectivity index (χ2n) is 15.3. The van der Waals surface area contributed by atoms with Crippen LogP contribution in [0.25, 0.3) is 0 Å². The van der Waals surface area contributed by atoms with Crippen molar-refractivity contribution in [2.45, 2.75) is 90.0 Å². The van der Waals surface area contributed by atoms with Crippen LogP contribution in [0.3, 0.4) is 0 Å². The number of piperidine rings is 1. The number of methoxy groups -OCH3 is 2. The first kappa shape index (κ1) is 38.1. The number of hydrogen-bond donors (Lipinski definition) is 1. The van der Waals surface area contributed by atoms with Crippen molar-refractivity contribution in [3.63, 3.8) is 0 Å². The topological polar surface area (TPSA) is 127 Å². The molecule has 1 saturated heterocycles. The van der Waals surface area contributed by atoms with E-state index in [-0.39, 0.29) is 49.3 Å². The molecule has 2 heterocycles. The summed E-state index contributed by atoms with van der Waals surface area (Å²) in [5.41, 5.74) is 0.402. The summed E-state index contributed by atoms with van der Waals surface area (Å²) in [5, 5.41) is 3.19. The van der Waals surface area contributed by atoms with Gasteiger partial charge >= 0.3 is 6.09 Å². The van der Waals surface area contributed by atoms with E-state index in [1.165, 1.54) is 4.90 Å². The van der Waals surface area contributed by atoms with Crippen molar-refractivity contribution in [1.82, 2.24) is 10.2 Å². The zero-order valence-electron chi connectivity index (χ0n) is 31.1. The number of benzene rings is 2. The van der Waals surface area contributed by atoms with E-state index in [1.807, 2.05) is 48.5 Å². The Morgan fingerprint density at radius 3 is 2.33 bits per heavy atom. The zero-order chi connectivity index (χ0) is 36.9. The van der Waals surface area contributed by atoms with Gasteiger partial charge in [0.2, 0.25) is 11.8 Å². The van der Waals surface area contributed by atoms with E-state index in [1.54, 1.807) is 58.6 Å². The van der Waals surface area contributed by atoms with Crippen molar-refractivity contribution in [3.8, 4) is 5.75 Å². The number of rotatable bonds is 13. The highest BCUT2D eigenvalue weighted by atomic mass is 16.6. The minimum Gasteiger partial charge on any atom is -0.476 e. The summed E-state index contributed by atoms with van der Waals surface area (Å²) in [6.07, 6.45) is 2.56. The first-order chi connectivity index (χ1) is 24.2. The summed E-state index contributed by atoms with van der Waals surface area (Å²) >= 11 is 0. The van der Waals surface area contributed by atoms with Gasteiger partial charge in [0.05, 0.1) is 23.6 Å². The number of carbonyl (C=O) groups excluding carboxylic acids is 4. The van der Waals surface area contributed by atoms with Gasteiger partial charge in [-0.1, -0.05) is 30.3 Å². The van der Waals surface area contributed by atoms with Gasteiger partial charge in [-0.2, -0.15) is 0 Å². The molecule has 3 aliphatic rings. The van der Waals surface area contributed by atoms with Crippen LogP contribution in [0.2, 0.25) is 0 Å². The van der Waals surface area contributed by atoms with Gasteiger partial charge < -0.3 is 39.0 Å². The summed E-state index contributed by atoms with van der Waals surface area (Å²) in [6.45, 7) is 10.5. The predicted molar refractivity (Wildman–Crippen MR) is 194 cm³/mol. The van der Waals surface area contributed by atoms with Gasteiger partial charge in [-0.3, -0.25) is 14.4 Å². The highest BCUT2D eigenvalue weighted by Crippen LogP contribution is 2.43. The number of fused-ring (bicyclic) bond motifs is 1. The van der Waals surface area contributed by atoms with Crippen LogP contribution in [0, 0.1) is 11.8 Å². The summed E-state index contributed by atoms with van der Waals surface area (Å²) in [5.74, 6) is -1.32. The molecule has 4 amide bonds. The number of nitrogens with one attached hydrogen (secondary N) is 1. The molecule has 51 heavy (non-hydrogen) atoms. The Morgan fingerprint density at radius 2 is 1.69 bits per heavy atom. The second kappa shape index (κ2) is 16.0. The Hall–Kier alpha value is -4.16. The van der Waals surface area contributed by atoms with Gasteiger partial charge in [-0.15, -0.1) is 0 Å². The smallest absolute Gasteiger partial charge is 0.410 e. The SMILES string of the molecule is COCCCN1C(=O)C(C)(C)Oc2ccc(N(C(=O)[C@@H]3C[C@H](C(=O)N[C@H](CCOC)c4ccccc4)CN(C(=O)OC(C)(C)C)C3)C3CC3)cc21. The molecule has 0 spiro atoms. The number of amides is 4. The standard InChI is InChI=1S/C39H54N4O8/c1-38(2,3)51-37(47)41-24-27(34(44)40-31(18-21-49-7)26-12-9-8-10-13-26)22-28(25-41)35(45)43(29-14-15-29)30-16-17-33-32(23-30)42(19-11-20-48-6)36(46)39(4,5)50-33/h8-10,12-13,16-17,23,27-29,31H,11,14-15,18-22,24-25H2,1-7H3,(H,40,44)/t27-,28+,31+/m0/s1. The quantitative estimate of drug-likeness (QED) is 0.271. The fourth-order valence-electron chi connectivity index (χ4n) is 6.82. The number of carbonyl (C=O) groups is 4. The van der Waals surface area contributed by atoms with E-state index < -0.39 is 29.1 Å². The summed E-state index contributed by atoms with van der Waals surface area (Å²) < 4.78 is 22.5. The van der Waals surface area contributed by atoms with E-state index in [0.717, 1.165) is 18.4 Å². The third-order valence-electron chi connectivity index (χ3n) is 9.47. The van der Waals surface area contributed by atoms with E-state index in [4.69, 9.17) is 18.9 Å². The Kier molecular flexibility index (Phi) is 12.0. The van der Waals surface area contributed by atoms with Crippen LogP contribution in [-0.2, 0) is 28.6 Å². The minimum absolute atomic E-state index is 0.0326. The number of ether oxygens (including phenoxy) is 4. The lowest BCUT2D eigenvalue weighted by Gasteiger charge is -2.40. The lowest BCUT2D eigenvalue weighted by molar-refractivity contribution is -0.133. The number of hydrogen-bond acceptors (Lipinski definition) is 8. The van der Waals surface area contributed by atoms with Crippen molar-refractivity contribution < 1.29 is 38.1 Å². The van der Waals surface area contributed by atoms with E-state index in [9.17, 15) is 19.2 Å². The maximum Gasteiger partial charge on any atom is 0.410 e. The van der Waals surface area contributed by atoms with Crippen LogP contribution in [0.5, 0.6) is 5.75 Å². The van der Waals surface area contributed by atoms with Gasteiger partial charge in [0.1, 0.15) is 11.4 Å². The van der Waals surface area contributed by atoms with Crippen molar-refractivity contribution in [2.75, 3.05) is 56.9 Å². The maximum atomic E-state index is 14.7. The number of nitrogens with zero attached hydrogens (tertiary/aromatic N) is 3. The molecular formula is C39H54N4O8. The van der Waals surface area contributed by atoms with Crippen molar-refractivity contribution >= 4 is 35.2 Å². The maximum absolute atomic E-state index is 14.7. The highest BCUT2D eigenvalue weighted by Gasteiger charge is 2.45. The van der Waals surface area contributed by atoms with Gasteiger partial charge in [-0.05, 0) is 90.5 Å². The van der Waals surface area contributed by atoms with Crippen LogP contribution < -0.4 is 19.9 Å². The van der Waals surface area contributed by atoms with E-state index in [0.29, 0.717) is 49.7 Å². The fraction of sp³-hybridized carbons (Fsp3) is 0.590. The molecule has 0 bridgehead atoms.